The third-order valence-electron chi connectivity index (χ3n) is 2.64. The Balaban J connectivity index is 2.57. The van der Waals surface area contributed by atoms with Gasteiger partial charge in [-0.1, -0.05) is 0 Å². The number of aromatic nitrogens is 2. The number of hydrogen-bond donors (Lipinski definition) is 2. The normalized spacial score (nSPS) is 10.4. The summed E-state index contributed by atoms with van der Waals surface area (Å²) in [4.78, 5) is 11.6. The number of rotatable bonds is 2. The van der Waals surface area contributed by atoms with Crippen molar-refractivity contribution in [3.05, 3.63) is 35.9 Å². The summed E-state index contributed by atoms with van der Waals surface area (Å²) in [6, 6.07) is 2.84. The molecule has 2 rings (SSSR count). The van der Waals surface area contributed by atoms with Gasteiger partial charge in [0, 0.05) is 25.9 Å². The van der Waals surface area contributed by atoms with E-state index in [2.05, 4.69) is 10.4 Å². The maximum Gasteiger partial charge on any atom is 0.253 e. The number of nitrogens with one attached hydrogen (secondary N) is 1. The summed E-state index contributed by atoms with van der Waals surface area (Å²) < 4.78 is 15.3. The zero-order valence-corrected chi connectivity index (χ0v) is 10.1. The van der Waals surface area contributed by atoms with E-state index in [9.17, 15) is 9.18 Å². The second kappa shape index (κ2) is 4.48. The van der Waals surface area contributed by atoms with Crippen LogP contribution in [0.3, 0.4) is 0 Å². The van der Waals surface area contributed by atoms with Crippen LogP contribution in [0.2, 0.25) is 0 Å². The molecule has 0 aliphatic heterocycles. The van der Waals surface area contributed by atoms with Crippen molar-refractivity contribution in [2.75, 3.05) is 12.8 Å². The van der Waals surface area contributed by atoms with Crippen LogP contribution in [0.4, 0.5) is 10.1 Å². The smallest absolute Gasteiger partial charge is 0.253 e. The molecule has 0 fully saturated rings. The minimum absolute atomic E-state index is 0.122. The minimum Gasteiger partial charge on any atom is -0.396 e. The molecule has 94 valence electrons. The van der Waals surface area contributed by atoms with Gasteiger partial charge in [0.15, 0.2) is 0 Å². The molecule has 1 aromatic heterocycles. The summed E-state index contributed by atoms with van der Waals surface area (Å²) in [5, 5.41) is 6.43. The zero-order chi connectivity index (χ0) is 13.3. The lowest BCUT2D eigenvalue weighted by Gasteiger charge is -2.08. The Morgan fingerprint density at radius 1 is 1.44 bits per heavy atom. The molecular weight excluding hydrogens is 235 g/mol. The van der Waals surface area contributed by atoms with Crippen LogP contribution in [0.25, 0.3) is 11.1 Å². The average Bonchev–Trinajstić information content (AvgIpc) is 2.78. The van der Waals surface area contributed by atoms with E-state index in [0.29, 0.717) is 5.56 Å². The highest BCUT2D eigenvalue weighted by molar-refractivity contribution is 6.00. The fraction of sp³-hybridized carbons (Fsp3) is 0.167. The predicted molar refractivity (Wildman–Crippen MR) is 66.4 cm³/mol. The van der Waals surface area contributed by atoms with Crippen LogP contribution >= 0.6 is 0 Å². The van der Waals surface area contributed by atoms with E-state index in [0.717, 1.165) is 5.56 Å². The van der Waals surface area contributed by atoms with Gasteiger partial charge in [0.1, 0.15) is 5.82 Å². The van der Waals surface area contributed by atoms with E-state index >= 15 is 0 Å². The van der Waals surface area contributed by atoms with Gasteiger partial charge < -0.3 is 11.1 Å². The van der Waals surface area contributed by atoms with Gasteiger partial charge in [-0.3, -0.25) is 9.48 Å². The predicted octanol–water partition coefficient (Wildman–Crippen LogP) is 1.17. The molecule has 2 aromatic rings. The molecule has 0 saturated carbocycles. The van der Waals surface area contributed by atoms with Crippen molar-refractivity contribution in [2.45, 2.75) is 0 Å². The molecule has 0 unspecified atom stereocenters. The molecule has 6 heteroatoms. The number of anilines is 1. The molecule has 0 bridgehead atoms. The Morgan fingerprint density at radius 3 is 2.72 bits per heavy atom. The second-order valence-electron chi connectivity index (χ2n) is 3.90. The fourth-order valence-corrected chi connectivity index (χ4v) is 1.68. The maximum absolute atomic E-state index is 13.7. The Labute approximate surface area is 103 Å². The van der Waals surface area contributed by atoms with Crippen LogP contribution in [0.1, 0.15) is 10.4 Å². The van der Waals surface area contributed by atoms with Crippen LogP contribution < -0.4 is 11.1 Å². The first-order valence-corrected chi connectivity index (χ1v) is 5.33. The third-order valence-corrected chi connectivity index (χ3v) is 2.64. The number of carbonyl (C=O) groups excluding carboxylic acids is 1. The molecule has 0 saturated heterocycles. The highest BCUT2D eigenvalue weighted by Gasteiger charge is 2.15. The SMILES string of the molecule is CNC(=O)c1cc(-c2cnn(C)c2)cc(F)c1N. The highest BCUT2D eigenvalue weighted by Crippen LogP contribution is 2.26. The van der Waals surface area contributed by atoms with E-state index in [1.807, 2.05) is 0 Å². The first-order chi connectivity index (χ1) is 8.52. The number of nitrogens with zero attached hydrogens (tertiary/aromatic N) is 2. The van der Waals surface area contributed by atoms with Gasteiger partial charge in [0.25, 0.3) is 5.91 Å². The first-order valence-electron chi connectivity index (χ1n) is 5.33. The van der Waals surface area contributed by atoms with Crippen molar-refractivity contribution < 1.29 is 9.18 Å². The van der Waals surface area contributed by atoms with Gasteiger partial charge in [-0.05, 0) is 17.7 Å². The van der Waals surface area contributed by atoms with Crippen molar-refractivity contribution in [1.29, 1.82) is 0 Å². The standard InChI is InChI=1S/C12H13FN4O/c1-15-12(18)9-3-7(4-10(13)11(9)14)8-5-16-17(2)6-8/h3-6H,14H2,1-2H3,(H,15,18). The number of hydrogen-bond acceptors (Lipinski definition) is 3. The van der Waals surface area contributed by atoms with Gasteiger partial charge >= 0.3 is 0 Å². The molecule has 1 aromatic carbocycles. The Bertz CT molecular complexity index is 606. The third kappa shape index (κ3) is 2.04. The van der Waals surface area contributed by atoms with E-state index in [1.165, 1.54) is 13.1 Å². The Morgan fingerprint density at radius 2 is 2.17 bits per heavy atom. The lowest BCUT2D eigenvalue weighted by atomic mass is 10.0. The largest absolute Gasteiger partial charge is 0.396 e. The maximum atomic E-state index is 13.7. The molecule has 1 amide bonds. The molecule has 0 aliphatic carbocycles. The van der Waals surface area contributed by atoms with Crippen LogP contribution in [0.15, 0.2) is 24.5 Å². The van der Waals surface area contributed by atoms with Crippen molar-refractivity contribution >= 4 is 11.6 Å². The summed E-state index contributed by atoms with van der Waals surface area (Å²) in [6.45, 7) is 0. The highest BCUT2D eigenvalue weighted by atomic mass is 19.1. The lowest BCUT2D eigenvalue weighted by molar-refractivity contribution is 0.0963. The van der Waals surface area contributed by atoms with Crippen LogP contribution in [0.5, 0.6) is 0 Å². The number of benzene rings is 1. The minimum atomic E-state index is -0.616. The molecule has 0 aliphatic rings. The second-order valence-corrected chi connectivity index (χ2v) is 3.90. The molecule has 0 atom stereocenters. The van der Waals surface area contributed by atoms with Gasteiger partial charge in [-0.25, -0.2) is 4.39 Å². The number of aryl methyl sites for hydroxylation is 1. The van der Waals surface area contributed by atoms with Crippen LogP contribution in [-0.2, 0) is 7.05 Å². The number of halogens is 1. The number of carbonyl (C=O) groups is 1. The lowest BCUT2D eigenvalue weighted by Crippen LogP contribution is -2.20. The Hall–Kier alpha value is -2.37. The van der Waals surface area contributed by atoms with E-state index in [-0.39, 0.29) is 11.3 Å². The van der Waals surface area contributed by atoms with Crippen molar-refractivity contribution in [3.8, 4) is 11.1 Å². The van der Waals surface area contributed by atoms with Crippen molar-refractivity contribution in [2.24, 2.45) is 7.05 Å². The van der Waals surface area contributed by atoms with E-state index in [1.54, 1.807) is 30.2 Å². The van der Waals surface area contributed by atoms with Gasteiger partial charge in [-0.2, -0.15) is 5.10 Å². The van der Waals surface area contributed by atoms with E-state index < -0.39 is 11.7 Å². The van der Waals surface area contributed by atoms with Gasteiger partial charge in [0.2, 0.25) is 0 Å². The number of amides is 1. The molecule has 3 N–H and O–H groups in total. The summed E-state index contributed by atoms with van der Waals surface area (Å²) in [7, 11) is 3.23. The fourth-order valence-electron chi connectivity index (χ4n) is 1.68. The summed E-state index contributed by atoms with van der Waals surface area (Å²) in [6.07, 6.45) is 3.33. The molecule has 0 spiro atoms. The zero-order valence-electron chi connectivity index (χ0n) is 10.1. The summed E-state index contributed by atoms with van der Waals surface area (Å²) in [5.74, 6) is -1.04. The monoisotopic (exact) mass is 248 g/mol. The van der Waals surface area contributed by atoms with Crippen LogP contribution in [-0.4, -0.2) is 22.7 Å². The Kier molecular flexibility index (Phi) is 3.01. The van der Waals surface area contributed by atoms with Crippen molar-refractivity contribution in [1.82, 2.24) is 15.1 Å². The van der Waals surface area contributed by atoms with Gasteiger partial charge in [0.05, 0.1) is 17.4 Å². The van der Waals surface area contributed by atoms with Crippen LogP contribution in [0, 0.1) is 5.82 Å². The molecule has 0 radical (unpaired) electrons. The molecular formula is C12H13FN4O. The summed E-state index contributed by atoms with van der Waals surface area (Å²) >= 11 is 0. The average molecular weight is 248 g/mol. The summed E-state index contributed by atoms with van der Waals surface area (Å²) in [5.41, 5.74) is 6.81. The topological polar surface area (TPSA) is 72.9 Å². The number of nitrogen functional groups attached to an aromatic ring is 1. The first kappa shape index (κ1) is 12.1. The molecule has 18 heavy (non-hydrogen) atoms. The molecule has 5 nitrogen and oxygen atoms in total. The van der Waals surface area contributed by atoms with Gasteiger partial charge in [-0.15, -0.1) is 0 Å². The number of nitrogens with two attached hydrogens (primary N) is 1. The molecule has 1 heterocycles. The van der Waals surface area contributed by atoms with E-state index in [4.69, 9.17) is 5.73 Å². The van der Waals surface area contributed by atoms with Crippen molar-refractivity contribution in [3.63, 3.8) is 0 Å². The quantitative estimate of drug-likeness (QED) is 0.783.